The van der Waals surface area contributed by atoms with Crippen LogP contribution in [0.2, 0.25) is 0 Å². The third-order valence-corrected chi connectivity index (χ3v) is 10.2. The van der Waals surface area contributed by atoms with Gasteiger partial charge in [-0.1, -0.05) is 37.5 Å². The molecule has 0 N–H and O–H groups in total. The van der Waals surface area contributed by atoms with E-state index in [1.165, 1.54) is 0 Å². The van der Waals surface area contributed by atoms with Crippen LogP contribution in [0.3, 0.4) is 0 Å². The van der Waals surface area contributed by atoms with Gasteiger partial charge in [-0.2, -0.15) is 0 Å². The smallest absolute Gasteiger partial charge is 0.0608 e. The number of carbonyl (C=O) groups excluding carboxylic acids is 2. The SMILES string of the molecule is C#CCN1C(C)(C)CC(C(CCCCCCCC(=O)[O-])(C(=O)[O-])C2CC(C)(C)N(CC#C)C(C)(C)C2)CC1(C)C. The molecule has 2 aliphatic rings. The molecule has 6 heteroatoms. The summed E-state index contributed by atoms with van der Waals surface area (Å²) in [6.07, 6.45) is 19.1. The van der Waals surface area contributed by atoms with Crippen molar-refractivity contribution in [2.75, 3.05) is 13.1 Å². The molecular formula is C34H54N2O4-2. The first-order valence-corrected chi connectivity index (χ1v) is 15.2. The maximum Gasteiger partial charge on any atom is 0.0608 e. The molecule has 2 saturated heterocycles. The fourth-order valence-corrected chi connectivity index (χ4v) is 8.80. The summed E-state index contributed by atoms with van der Waals surface area (Å²) >= 11 is 0. The van der Waals surface area contributed by atoms with Gasteiger partial charge in [-0.05, 0) is 112 Å². The summed E-state index contributed by atoms with van der Waals surface area (Å²) in [7, 11) is 0. The molecule has 0 aromatic rings. The van der Waals surface area contributed by atoms with Crippen LogP contribution in [0.15, 0.2) is 0 Å². The summed E-state index contributed by atoms with van der Waals surface area (Å²) in [4.78, 5) is 29.1. The summed E-state index contributed by atoms with van der Waals surface area (Å²) in [5.74, 6) is 3.59. The van der Waals surface area contributed by atoms with Crippen molar-refractivity contribution in [3.63, 3.8) is 0 Å². The number of terminal acetylenes is 2. The highest BCUT2D eigenvalue weighted by atomic mass is 16.4. The zero-order chi connectivity index (χ0) is 30.6. The van der Waals surface area contributed by atoms with Crippen molar-refractivity contribution in [1.29, 1.82) is 0 Å². The molecule has 0 aromatic carbocycles. The van der Waals surface area contributed by atoms with Crippen molar-refractivity contribution in [2.45, 2.75) is 148 Å². The van der Waals surface area contributed by atoms with E-state index in [4.69, 9.17) is 12.8 Å². The monoisotopic (exact) mass is 554 g/mol. The Labute approximate surface area is 244 Å². The van der Waals surface area contributed by atoms with Crippen LogP contribution >= 0.6 is 0 Å². The minimum Gasteiger partial charge on any atom is -0.550 e. The average molecular weight is 555 g/mol. The van der Waals surface area contributed by atoms with Crippen molar-refractivity contribution in [2.24, 2.45) is 17.3 Å². The first-order chi connectivity index (χ1) is 18.4. The first-order valence-electron chi connectivity index (χ1n) is 15.2. The van der Waals surface area contributed by atoms with Gasteiger partial charge >= 0.3 is 0 Å². The maximum atomic E-state index is 13.6. The first kappa shape index (κ1) is 34.2. The van der Waals surface area contributed by atoms with E-state index >= 15 is 0 Å². The van der Waals surface area contributed by atoms with Crippen molar-refractivity contribution in [3.05, 3.63) is 0 Å². The number of likely N-dealkylation sites (tertiary alicyclic amines) is 2. The van der Waals surface area contributed by atoms with Crippen LogP contribution in [0, 0.1) is 41.9 Å². The molecule has 226 valence electrons. The topological polar surface area (TPSA) is 86.7 Å². The number of aliphatic carboxylic acids is 2. The Morgan fingerprint density at radius 2 is 1.05 bits per heavy atom. The lowest BCUT2D eigenvalue weighted by atomic mass is 9.52. The maximum absolute atomic E-state index is 13.6. The third kappa shape index (κ3) is 7.43. The van der Waals surface area contributed by atoms with Gasteiger partial charge in [0.2, 0.25) is 0 Å². The Hall–Kier alpha value is -2.02. The second-order valence-electron chi connectivity index (χ2n) is 15.0. The van der Waals surface area contributed by atoms with E-state index in [-0.39, 0.29) is 40.4 Å². The average Bonchev–Trinajstić information content (AvgIpc) is 2.79. The predicted octanol–water partition coefficient (Wildman–Crippen LogP) is 4.01. The standard InChI is InChI=1S/C34H56N2O4/c1-11-20-35-30(3,4)22-26(23-31(35,5)6)34(29(39)40,19-17-15-13-14-16-18-28(37)38)27-24-32(7,8)36(21-12-2)33(9,10)25-27/h1-2,26-27H,13-25H2,3-10H3,(H,37,38)(H,39,40)/p-2. The molecule has 6 nitrogen and oxygen atoms in total. The lowest BCUT2D eigenvalue weighted by Gasteiger charge is -2.64. The number of hydrogen-bond acceptors (Lipinski definition) is 6. The van der Waals surface area contributed by atoms with E-state index in [0.717, 1.165) is 51.4 Å². The molecule has 0 spiro atoms. The summed E-state index contributed by atoms with van der Waals surface area (Å²) in [5, 5.41) is 24.4. The highest BCUT2D eigenvalue weighted by Gasteiger charge is 2.58. The molecule has 0 saturated carbocycles. The van der Waals surface area contributed by atoms with Crippen molar-refractivity contribution in [1.82, 2.24) is 9.80 Å². The fourth-order valence-electron chi connectivity index (χ4n) is 8.80. The van der Waals surface area contributed by atoms with Gasteiger partial charge in [0.05, 0.1) is 13.1 Å². The van der Waals surface area contributed by atoms with Gasteiger partial charge in [0, 0.05) is 39.5 Å². The highest BCUT2D eigenvalue weighted by molar-refractivity contribution is 5.73. The summed E-state index contributed by atoms with van der Waals surface area (Å²) in [6, 6.07) is 0. The van der Waals surface area contributed by atoms with Crippen LogP contribution < -0.4 is 10.2 Å². The van der Waals surface area contributed by atoms with Gasteiger partial charge < -0.3 is 19.8 Å². The predicted molar refractivity (Wildman–Crippen MR) is 158 cm³/mol. The fraction of sp³-hybridized carbons (Fsp3) is 0.824. The number of hydrogen-bond donors (Lipinski definition) is 0. The van der Waals surface area contributed by atoms with E-state index in [1.807, 2.05) is 0 Å². The number of nitrogens with zero attached hydrogens (tertiary/aromatic N) is 2. The minimum absolute atomic E-state index is 0.0645. The minimum atomic E-state index is -1.02. The molecule has 0 bridgehead atoms. The highest BCUT2D eigenvalue weighted by Crippen LogP contribution is 2.58. The molecule has 2 fully saturated rings. The Balaban J connectivity index is 2.50. The zero-order valence-corrected chi connectivity index (χ0v) is 26.5. The molecule has 0 aromatic heterocycles. The Morgan fingerprint density at radius 1 is 0.700 bits per heavy atom. The van der Waals surface area contributed by atoms with Gasteiger partial charge in [0.1, 0.15) is 0 Å². The van der Waals surface area contributed by atoms with E-state index in [0.29, 0.717) is 25.9 Å². The molecule has 2 rings (SSSR count). The molecule has 2 heterocycles. The molecule has 40 heavy (non-hydrogen) atoms. The Kier molecular flexibility index (Phi) is 11.0. The van der Waals surface area contributed by atoms with Crippen LogP contribution in [0.5, 0.6) is 0 Å². The Morgan fingerprint density at radius 3 is 1.38 bits per heavy atom. The van der Waals surface area contributed by atoms with Gasteiger partial charge in [-0.15, -0.1) is 12.8 Å². The van der Waals surface area contributed by atoms with Gasteiger partial charge in [0.15, 0.2) is 0 Å². The Bertz CT molecular complexity index is 889. The number of rotatable bonds is 13. The molecule has 0 aliphatic carbocycles. The van der Waals surface area contributed by atoms with Crippen LogP contribution in [0.25, 0.3) is 0 Å². The normalized spacial score (nSPS) is 23.2. The van der Waals surface area contributed by atoms with E-state index in [1.54, 1.807) is 0 Å². The van der Waals surface area contributed by atoms with Crippen LogP contribution in [0.1, 0.15) is 126 Å². The number of carbonyl (C=O) groups is 2. The van der Waals surface area contributed by atoms with Crippen molar-refractivity contribution < 1.29 is 19.8 Å². The lowest BCUT2D eigenvalue weighted by molar-refractivity contribution is -0.330. The summed E-state index contributed by atoms with van der Waals surface area (Å²) < 4.78 is 0. The van der Waals surface area contributed by atoms with E-state index in [2.05, 4.69) is 77.0 Å². The van der Waals surface area contributed by atoms with Crippen molar-refractivity contribution in [3.8, 4) is 24.7 Å². The van der Waals surface area contributed by atoms with E-state index in [9.17, 15) is 19.8 Å². The van der Waals surface area contributed by atoms with Gasteiger partial charge in [0.25, 0.3) is 0 Å². The number of carboxylic acids is 2. The van der Waals surface area contributed by atoms with E-state index < -0.39 is 17.4 Å². The third-order valence-electron chi connectivity index (χ3n) is 10.2. The molecule has 0 unspecified atom stereocenters. The second kappa shape index (κ2) is 12.9. The second-order valence-corrected chi connectivity index (χ2v) is 15.0. The lowest BCUT2D eigenvalue weighted by Crippen LogP contribution is -2.68. The van der Waals surface area contributed by atoms with Crippen LogP contribution in [0.4, 0.5) is 0 Å². The quantitative estimate of drug-likeness (QED) is 0.253. The zero-order valence-electron chi connectivity index (χ0n) is 26.5. The largest absolute Gasteiger partial charge is 0.550 e. The summed E-state index contributed by atoms with van der Waals surface area (Å²) in [5.41, 5.74) is -2.04. The molecular weight excluding hydrogens is 500 g/mol. The van der Waals surface area contributed by atoms with Gasteiger partial charge in [-0.25, -0.2) is 0 Å². The van der Waals surface area contributed by atoms with Crippen LogP contribution in [-0.4, -0.2) is 57.0 Å². The molecule has 2 aliphatic heterocycles. The number of carboxylic acid groups (broad SMARTS) is 2. The number of piperidine rings is 2. The molecule has 0 radical (unpaired) electrons. The molecule has 0 amide bonds. The van der Waals surface area contributed by atoms with Crippen LogP contribution in [-0.2, 0) is 9.59 Å². The number of unbranched alkanes of at least 4 members (excludes halogenated alkanes) is 4. The summed E-state index contributed by atoms with van der Waals surface area (Å²) in [6.45, 7) is 18.6. The molecule has 0 atom stereocenters. The van der Waals surface area contributed by atoms with Crippen molar-refractivity contribution >= 4 is 11.9 Å². The van der Waals surface area contributed by atoms with Gasteiger partial charge in [-0.3, -0.25) is 9.80 Å².